The zero-order valence-corrected chi connectivity index (χ0v) is 32.6. The van der Waals surface area contributed by atoms with E-state index in [1.807, 2.05) is 0 Å². The van der Waals surface area contributed by atoms with E-state index in [9.17, 15) is 4.57 Å². The molecule has 5 aromatic rings. The first-order valence-electron chi connectivity index (χ1n) is 20.6. The lowest BCUT2D eigenvalue weighted by atomic mass is 9.74. The number of hydrogen-bond donors (Lipinski definition) is 1. The molecule has 8 aliphatic carbocycles. The molecule has 5 aromatic carbocycles. The number of ether oxygens (including phenoxy) is 2. The topological polar surface area (TPSA) is 89.2 Å². The van der Waals surface area contributed by atoms with Crippen molar-refractivity contribution in [2.75, 3.05) is 40.6 Å². The molecule has 8 heteroatoms. The van der Waals surface area contributed by atoms with E-state index in [1.54, 1.807) is 0 Å². The molecule has 0 spiro atoms. The molecule has 7 nitrogen and oxygen atoms in total. The van der Waals surface area contributed by atoms with Crippen molar-refractivity contribution in [2.24, 2.45) is 5.73 Å². The third-order valence-corrected chi connectivity index (χ3v) is 16.6. The van der Waals surface area contributed by atoms with Gasteiger partial charge in [0, 0.05) is 90.4 Å². The SMILES string of the molecule is COP(=O)(OC)Oc1c2c(c(OCCOCCN)c3c1[C@H]1C[C@@H]3c3cc4c(cc31)[C@H]1C[C@@H]4c3ccccc31)[C@H]1C[C@@H]2c2cc3c(cc21)[C@H]1C[C@@H]3c2ccccc21. The van der Waals surface area contributed by atoms with Gasteiger partial charge in [0.2, 0.25) is 0 Å². The number of fused-ring (bicyclic) bond motifs is 32. The van der Waals surface area contributed by atoms with Crippen LogP contribution in [0.1, 0.15) is 162 Å². The molecule has 2 N–H and O–H groups in total. The highest BCUT2D eigenvalue weighted by atomic mass is 31.2. The number of hydrogen-bond acceptors (Lipinski definition) is 7. The summed E-state index contributed by atoms with van der Waals surface area (Å²) in [7, 11) is -1.09. The van der Waals surface area contributed by atoms with E-state index in [0.717, 1.165) is 42.6 Å². The first-order chi connectivity index (χ1) is 27.5. The van der Waals surface area contributed by atoms with Gasteiger partial charge in [-0.15, -0.1) is 0 Å². The van der Waals surface area contributed by atoms with Crippen molar-refractivity contribution in [3.8, 4) is 11.5 Å². The summed E-state index contributed by atoms with van der Waals surface area (Å²) in [6, 6.07) is 28.2. The second kappa shape index (κ2) is 11.5. The molecule has 0 saturated heterocycles. The summed E-state index contributed by atoms with van der Waals surface area (Å²) in [5.74, 6) is 3.95. The van der Waals surface area contributed by atoms with Crippen molar-refractivity contribution >= 4 is 7.82 Å². The lowest BCUT2D eigenvalue weighted by molar-refractivity contribution is 0.105. The molecule has 0 radical (unpaired) electrons. The maximum Gasteiger partial charge on any atom is 0.529 e. The van der Waals surface area contributed by atoms with Crippen LogP contribution in [0.3, 0.4) is 0 Å². The van der Waals surface area contributed by atoms with Crippen LogP contribution in [0.2, 0.25) is 0 Å². The van der Waals surface area contributed by atoms with Gasteiger partial charge in [-0.05, 0) is 92.4 Å². The van der Waals surface area contributed by atoms with E-state index >= 15 is 0 Å². The molecule has 0 aliphatic heterocycles. The molecule has 8 atom stereocenters. The molecular weight excluding hydrogens is 718 g/mol. The molecule has 13 rings (SSSR count). The minimum absolute atomic E-state index is 0.0915. The Morgan fingerprint density at radius 2 is 0.857 bits per heavy atom. The maximum atomic E-state index is 14.2. The molecule has 282 valence electrons. The Kier molecular flexibility index (Phi) is 6.71. The van der Waals surface area contributed by atoms with Crippen LogP contribution in [0.15, 0.2) is 72.8 Å². The van der Waals surface area contributed by atoms with Gasteiger partial charge in [0.05, 0.1) is 13.2 Å². The fourth-order valence-electron chi connectivity index (χ4n) is 13.3. The smallest absolute Gasteiger partial charge is 0.491 e. The standard InChI is InChI=1S/C48H44NO6P/c1-51-56(50,52-2)55-48-45-41-21-39(35-17-31-27-15-29(33(31)19-37(35)41)25-9-5-3-7-23(25)27)43(45)47(54-14-13-53-12-11-49)44-40-22-42(46(44)48)38-20-34-30-16-28(32(34)18-36(38)40)24-8-4-6-10-26(24)30/h3-10,17-20,27-30,39-42H,11-16,21-22,49H2,1-2H3/t27-,28+,29+,30-,39-,40+,41+,42-. The Morgan fingerprint density at radius 1 is 0.500 bits per heavy atom. The van der Waals surface area contributed by atoms with Gasteiger partial charge in [-0.25, -0.2) is 4.57 Å². The largest absolute Gasteiger partial charge is 0.529 e. The summed E-state index contributed by atoms with van der Waals surface area (Å²) < 4.78 is 44.9. The Bertz CT molecular complexity index is 2470. The minimum Gasteiger partial charge on any atom is -0.491 e. The number of phosphoric acid groups is 1. The highest BCUT2D eigenvalue weighted by Gasteiger charge is 2.56. The Hall–Kier alpha value is -4.23. The normalized spacial score (nSPS) is 27.5. The Labute approximate surface area is 327 Å². The van der Waals surface area contributed by atoms with Gasteiger partial charge < -0.3 is 19.7 Å². The van der Waals surface area contributed by atoms with Crippen molar-refractivity contribution in [2.45, 2.75) is 73.0 Å². The van der Waals surface area contributed by atoms with Crippen LogP contribution < -0.4 is 15.0 Å². The highest BCUT2D eigenvalue weighted by molar-refractivity contribution is 7.48. The minimum atomic E-state index is -3.92. The summed E-state index contributed by atoms with van der Waals surface area (Å²) in [6.07, 6.45) is 4.20. The van der Waals surface area contributed by atoms with Crippen LogP contribution in [0.5, 0.6) is 11.5 Å². The average Bonchev–Trinajstić information content (AvgIpc) is 4.11. The van der Waals surface area contributed by atoms with E-state index in [2.05, 4.69) is 72.8 Å². The fourth-order valence-corrected chi connectivity index (χ4v) is 14.1. The third kappa shape index (κ3) is 4.01. The van der Waals surface area contributed by atoms with Crippen molar-refractivity contribution in [1.82, 2.24) is 0 Å². The predicted octanol–water partition coefficient (Wildman–Crippen LogP) is 9.74. The fraction of sp³-hybridized carbons (Fsp3) is 0.375. The lowest BCUT2D eigenvalue weighted by Gasteiger charge is -2.33. The van der Waals surface area contributed by atoms with Crippen molar-refractivity contribution in [1.29, 1.82) is 0 Å². The molecule has 0 saturated carbocycles. The van der Waals surface area contributed by atoms with E-state index < -0.39 is 7.82 Å². The van der Waals surface area contributed by atoms with Crippen LogP contribution >= 0.6 is 7.82 Å². The monoisotopic (exact) mass is 761 g/mol. The van der Waals surface area contributed by atoms with Gasteiger partial charge in [-0.3, -0.25) is 9.05 Å². The first-order valence-corrected chi connectivity index (χ1v) is 22.0. The molecule has 0 amide bonds. The Morgan fingerprint density at radius 3 is 1.23 bits per heavy atom. The molecule has 8 bridgehead atoms. The van der Waals surface area contributed by atoms with Crippen LogP contribution in [0.25, 0.3) is 0 Å². The molecule has 0 aromatic heterocycles. The number of rotatable bonds is 10. The Balaban J connectivity index is 1.00. The number of benzene rings is 5. The van der Waals surface area contributed by atoms with Crippen molar-refractivity contribution in [3.63, 3.8) is 0 Å². The number of phosphoric ester groups is 1. The predicted molar refractivity (Wildman–Crippen MR) is 213 cm³/mol. The quantitative estimate of drug-likeness (QED) is 0.112. The summed E-state index contributed by atoms with van der Waals surface area (Å²) in [6.45, 7) is 1.86. The molecule has 0 heterocycles. The van der Waals surface area contributed by atoms with Crippen LogP contribution in [0, 0.1) is 0 Å². The molecule has 56 heavy (non-hydrogen) atoms. The van der Waals surface area contributed by atoms with Crippen LogP contribution in [0.4, 0.5) is 0 Å². The van der Waals surface area contributed by atoms with E-state index in [4.69, 9.17) is 28.8 Å². The van der Waals surface area contributed by atoms with Gasteiger partial charge >= 0.3 is 7.82 Å². The van der Waals surface area contributed by atoms with Gasteiger partial charge in [-0.2, -0.15) is 0 Å². The average molecular weight is 762 g/mol. The third-order valence-electron chi connectivity index (χ3n) is 15.3. The molecule has 8 aliphatic rings. The van der Waals surface area contributed by atoms with E-state index in [-0.39, 0.29) is 23.7 Å². The second-order valence-electron chi connectivity index (χ2n) is 17.3. The van der Waals surface area contributed by atoms with Gasteiger partial charge in [0.15, 0.2) is 0 Å². The van der Waals surface area contributed by atoms with E-state index in [1.165, 1.54) is 92.1 Å². The van der Waals surface area contributed by atoms with Crippen LogP contribution in [-0.2, 0) is 18.3 Å². The van der Waals surface area contributed by atoms with Crippen molar-refractivity contribution in [3.05, 3.63) is 162 Å². The summed E-state index contributed by atoms with van der Waals surface area (Å²) in [5, 5.41) is 0. The lowest BCUT2D eigenvalue weighted by Crippen LogP contribution is -2.19. The summed E-state index contributed by atoms with van der Waals surface area (Å²) in [5.41, 5.74) is 27.9. The van der Waals surface area contributed by atoms with Crippen LogP contribution in [-0.4, -0.2) is 40.6 Å². The highest BCUT2D eigenvalue weighted by Crippen LogP contribution is 2.72. The number of nitrogens with two attached hydrogens (primary N) is 1. The zero-order valence-electron chi connectivity index (χ0n) is 31.7. The van der Waals surface area contributed by atoms with Gasteiger partial charge in [-0.1, -0.05) is 72.8 Å². The van der Waals surface area contributed by atoms with E-state index in [0.29, 0.717) is 55.8 Å². The molecule has 0 fully saturated rings. The summed E-state index contributed by atoms with van der Waals surface area (Å²) >= 11 is 0. The van der Waals surface area contributed by atoms with Gasteiger partial charge in [0.25, 0.3) is 0 Å². The first kappa shape index (κ1) is 32.8. The molecular formula is C48H44NO6P. The zero-order chi connectivity index (χ0) is 37.2. The second-order valence-corrected chi connectivity index (χ2v) is 19.1. The van der Waals surface area contributed by atoms with Crippen molar-refractivity contribution < 1.29 is 27.6 Å². The maximum absolute atomic E-state index is 14.2. The molecule has 0 unspecified atom stereocenters. The van der Waals surface area contributed by atoms with Gasteiger partial charge in [0.1, 0.15) is 18.1 Å². The summed E-state index contributed by atoms with van der Waals surface area (Å²) in [4.78, 5) is 0.